The molecule has 7 heteroatoms. The largest absolute Gasteiger partial charge is 0.377 e. The first-order chi connectivity index (χ1) is 9.20. The summed E-state index contributed by atoms with van der Waals surface area (Å²) in [5.41, 5.74) is 2.49. The first-order valence-corrected chi connectivity index (χ1v) is 7.71. The molecule has 114 valence electrons. The molecule has 0 spiro atoms. The van der Waals surface area contributed by atoms with Gasteiger partial charge in [0.1, 0.15) is 0 Å². The summed E-state index contributed by atoms with van der Waals surface area (Å²) in [5.74, 6) is 0. The van der Waals surface area contributed by atoms with Crippen LogP contribution >= 0.6 is 0 Å². The van der Waals surface area contributed by atoms with Crippen molar-refractivity contribution in [2.24, 2.45) is 5.14 Å². The molecular weight excluding hydrogens is 280 g/mol. The van der Waals surface area contributed by atoms with Gasteiger partial charge in [-0.15, -0.1) is 0 Å². The number of anilines is 1. The van der Waals surface area contributed by atoms with E-state index in [4.69, 9.17) is 14.6 Å². The number of primary sulfonamides is 1. The Morgan fingerprint density at radius 1 is 1.20 bits per heavy atom. The lowest BCUT2D eigenvalue weighted by atomic mass is 10.1. The summed E-state index contributed by atoms with van der Waals surface area (Å²) >= 11 is 0. The van der Waals surface area contributed by atoms with E-state index in [0.717, 1.165) is 11.1 Å². The fraction of sp³-hybridized carbons (Fsp3) is 0.538. The first kappa shape index (κ1) is 16.9. The van der Waals surface area contributed by atoms with Crippen molar-refractivity contribution in [1.82, 2.24) is 0 Å². The third-order valence-electron chi connectivity index (χ3n) is 3.23. The van der Waals surface area contributed by atoms with E-state index in [9.17, 15) is 8.42 Å². The minimum Gasteiger partial charge on any atom is -0.377 e. The average Bonchev–Trinajstić information content (AvgIpc) is 2.34. The van der Waals surface area contributed by atoms with E-state index in [1.54, 1.807) is 20.3 Å². The molecule has 0 saturated carbocycles. The van der Waals surface area contributed by atoms with Crippen molar-refractivity contribution in [1.29, 1.82) is 0 Å². The van der Waals surface area contributed by atoms with Crippen LogP contribution in [0.5, 0.6) is 0 Å². The predicted octanol–water partition coefficient (Wildman–Crippen LogP) is 1.37. The van der Waals surface area contributed by atoms with Crippen molar-refractivity contribution in [3.8, 4) is 0 Å². The number of aryl methyl sites for hydroxylation is 1. The van der Waals surface area contributed by atoms with Crippen molar-refractivity contribution in [2.45, 2.75) is 38.0 Å². The lowest BCUT2D eigenvalue weighted by molar-refractivity contribution is -0.109. The van der Waals surface area contributed by atoms with Gasteiger partial charge in [-0.25, -0.2) is 13.6 Å². The number of hydrogen-bond donors (Lipinski definition) is 2. The van der Waals surface area contributed by atoms with Crippen LogP contribution in [0.4, 0.5) is 5.69 Å². The van der Waals surface area contributed by atoms with Gasteiger partial charge in [0.2, 0.25) is 10.0 Å². The maximum Gasteiger partial charge on any atom is 0.238 e. The molecule has 1 aromatic carbocycles. The van der Waals surface area contributed by atoms with Crippen LogP contribution in [0.25, 0.3) is 0 Å². The minimum atomic E-state index is -3.73. The lowest BCUT2D eigenvalue weighted by Crippen LogP contribution is -2.34. The van der Waals surface area contributed by atoms with Gasteiger partial charge in [-0.1, -0.05) is 0 Å². The molecule has 0 aliphatic heterocycles. The molecule has 1 aromatic rings. The zero-order chi connectivity index (χ0) is 15.5. The molecule has 0 radical (unpaired) electrons. The van der Waals surface area contributed by atoms with Gasteiger partial charge in [-0.3, -0.25) is 0 Å². The molecule has 0 heterocycles. The highest BCUT2D eigenvalue weighted by molar-refractivity contribution is 7.89. The molecule has 1 atom stereocenters. The van der Waals surface area contributed by atoms with Gasteiger partial charge >= 0.3 is 0 Å². The Morgan fingerprint density at radius 3 is 2.20 bits per heavy atom. The number of rotatable bonds is 6. The van der Waals surface area contributed by atoms with Crippen LogP contribution in [0, 0.1) is 13.8 Å². The number of nitrogens with one attached hydrogen (secondary N) is 1. The average molecular weight is 302 g/mol. The minimum absolute atomic E-state index is 0.0849. The van der Waals surface area contributed by atoms with Crippen molar-refractivity contribution in [2.75, 3.05) is 19.5 Å². The second kappa shape index (κ2) is 6.53. The fourth-order valence-corrected chi connectivity index (χ4v) is 2.58. The van der Waals surface area contributed by atoms with E-state index >= 15 is 0 Å². The predicted molar refractivity (Wildman–Crippen MR) is 78.2 cm³/mol. The maximum atomic E-state index is 11.5. The molecule has 0 amide bonds. The molecule has 3 N–H and O–H groups in total. The Labute approximate surface area is 120 Å². The Morgan fingerprint density at radius 2 is 1.75 bits per heavy atom. The third kappa shape index (κ3) is 3.92. The van der Waals surface area contributed by atoms with Crippen molar-refractivity contribution in [3.05, 3.63) is 23.3 Å². The molecule has 0 aliphatic carbocycles. The van der Waals surface area contributed by atoms with Gasteiger partial charge in [0, 0.05) is 19.9 Å². The maximum absolute atomic E-state index is 11.5. The number of nitrogens with two attached hydrogens (primary N) is 1. The number of hydrogen-bond acceptors (Lipinski definition) is 5. The summed E-state index contributed by atoms with van der Waals surface area (Å²) in [6.07, 6.45) is -0.437. The summed E-state index contributed by atoms with van der Waals surface area (Å²) < 4.78 is 33.3. The van der Waals surface area contributed by atoms with E-state index in [0.29, 0.717) is 5.69 Å². The number of methoxy groups -OCH3 is 2. The molecule has 0 aliphatic rings. The van der Waals surface area contributed by atoms with E-state index < -0.39 is 16.3 Å². The lowest BCUT2D eigenvalue weighted by Gasteiger charge is -2.24. The van der Waals surface area contributed by atoms with Gasteiger partial charge in [0.15, 0.2) is 6.29 Å². The zero-order valence-electron chi connectivity index (χ0n) is 12.4. The molecule has 0 saturated heterocycles. The summed E-state index contributed by atoms with van der Waals surface area (Å²) in [4.78, 5) is 0.0849. The third-order valence-corrected chi connectivity index (χ3v) is 4.12. The van der Waals surface area contributed by atoms with Crippen LogP contribution < -0.4 is 10.5 Å². The number of benzene rings is 1. The second-order valence-electron chi connectivity index (χ2n) is 4.73. The quantitative estimate of drug-likeness (QED) is 0.775. The summed E-state index contributed by atoms with van der Waals surface area (Å²) in [6, 6.07) is 2.93. The molecule has 6 nitrogen and oxygen atoms in total. The van der Waals surface area contributed by atoms with E-state index in [1.807, 2.05) is 20.8 Å². The summed E-state index contributed by atoms with van der Waals surface area (Å²) in [6.45, 7) is 5.63. The van der Waals surface area contributed by atoms with Gasteiger partial charge < -0.3 is 14.8 Å². The monoisotopic (exact) mass is 302 g/mol. The number of sulfonamides is 1. The number of ether oxygens (including phenoxy) is 2. The molecule has 1 unspecified atom stereocenters. The Bertz CT molecular complexity index is 568. The molecule has 1 rings (SSSR count). The van der Waals surface area contributed by atoms with Crippen LogP contribution in [0.3, 0.4) is 0 Å². The summed E-state index contributed by atoms with van der Waals surface area (Å²) in [5, 5.41) is 8.38. The summed E-state index contributed by atoms with van der Waals surface area (Å²) in [7, 11) is -0.641. The van der Waals surface area contributed by atoms with Crippen molar-refractivity contribution >= 4 is 15.7 Å². The van der Waals surface area contributed by atoms with Crippen molar-refractivity contribution < 1.29 is 17.9 Å². The smallest absolute Gasteiger partial charge is 0.238 e. The van der Waals surface area contributed by atoms with Crippen LogP contribution in [0.2, 0.25) is 0 Å². The highest BCUT2D eigenvalue weighted by Gasteiger charge is 2.18. The van der Waals surface area contributed by atoms with E-state index in [1.165, 1.54) is 6.07 Å². The van der Waals surface area contributed by atoms with Gasteiger partial charge in [-0.05, 0) is 44.0 Å². The van der Waals surface area contributed by atoms with Gasteiger partial charge in [0.25, 0.3) is 0 Å². The molecule has 0 bridgehead atoms. The van der Waals surface area contributed by atoms with Gasteiger partial charge in [0.05, 0.1) is 10.9 Å². The zero-order valence-corrected chi connectivity index (χ0v) is 13.2. The standard InChI is InChI=1S/C13H22N2O4S/c1-8-6-11(20(14,16)17)7-12(9(8)2)15-10(3)13(18-4)19-5/h6-7,10,13,15H,1-5H3,(H2,14,16,17). The Balaban J connectivity index is 3.15. The second-order valence-corrected chi connectivity index (χ2v) is 6.29. The molecular formula is C13H22N2O4S. The topological polar surface area (TPSA) is 90.7 Å². The van der Waals surface area contributed by atoms with Crippen molar-refractivity contribution in [3.63, 3.8) is 0 Å². The highest BCUT2D eigenvalue weighted by atomic mass is 32.2. The SMILES string of the molecule is COC(OC)C(C)Nc1cc(S(N)(=O)=O)cc(C)c1C. The molecule has 0 fully saturated rings. The fourth-order valence-electron chi connectivity index (χ4n) is 1.96. The van der Waals surface area contributed by atoms with Crippen LogP contribution in [0.15, 0.2) is 17.0 Å². The highest BCUT2D eigenvalue weighted by Crippen LogP contribution is 2.24. The normalized spacial score (nSPS) is 13.6. The van der Waals surface area contributed by atoms with E-state index in [2.05, 4.69) is 5.32 Å². The Kier molecular flexibility index (Phi) is 5.52. The van der Waals surface area contributed by atoms with E-state index in [-0.39, 0.29) is 10.9 Å². The molecule has 20 heavy (non-hydrogen) atoms. The first-order valence-electron chi connectivity index (χ1n) is 6.17. The van der Waals surface area contributed by atoms with Crippen LogP contribution in [-0.2, 0) is 19.5 Å². The van der Waals surface area contributed by atoms with Crippen LogP contribution in [0.1, 0.15) is 18.1 Å². The molecule has 0 aromatic heterocycles. The van der Waals surface area contributed by atoms with Gasteiger partial charge in [-0.2, -0.15) is 0 Å². The Hall–Kier alpha value is -1.15. The van der Waals surface area contributed by atoms with Crippen LogP contribution in [-0.4, -0.2) is 35.0 Å².